The summed E-state index contributed by atoms with van der Waals surface area (Å²) in [6.45, 7) is 2.57. The lowest BCUT2D eigenvalue weighted by Gasteiger charge is -2.12. The van der Waals surface area contributed by atoms with Crippen LogP contribution in [-0.2, 0) is 0 Å². The molecule has 122 valence electrons. The Morgan fingerprint density at radius 1 is 1.48 bits per heavy atom. The van der Waals surface area contributed by atoms with Crippen LogP contribution in [-0.4, -0.2) is 25.8 Å². The molecule has 2 aromatic rings. The number of rotatable bonds is 7. The van der Waals surface area contributed by atoms with Crippen LogP contribution >= 0.6 is 22.9 Å². The SMILES string of the molecule is CCCOc1c(Cl)cc(/C=N\NC(=O)c2cccs2)cc1OC. The maximum absolute atomic E-state index is 11.8. The highest BCUT2D eigenvalue weighted by Crippen LogP contribution is 2.36. The van der Waals surface area contributed by atoms with Gasteiger partial charge in [-0.2, -0.15) is 5.10 Å². The van der Waals surface area contributed by atoms with Crippen LogP contribution in [0.3, 0.4) is 0 Å². The summed E-state index contributed by atoms with van der Waals surface area (Å²) in [5, 5.41) is 6.20. The molecular formula is C16H17ClN2O3S. The molecule has 0 saturated carbocycles. The molecule has 7 heteroatoms. The third-order valence-electron chi connectivity index (χ3n) is 2.83. The van der Waals surface area contributed by atoms with Crippen molar-refractivity contribution in [1.29, 1.82) is 0 Å². The van der Waals surface area contributed by atoms with Gasteiger partial charge in [-0.3, -0.25) is 4.79 Å². The Balaban J connectivity index is 2.09. The van der Waals surface area contributed by atoms with Gasteiger partial charge in [-0.1, -0.05) is 24.6 Å². The Bertz CT molecular complexity index is 687. The number of benzene rings is 1. The first kappa shape index (κ1) is 17.3. The van der Waals surface area contributed by atoms with E-state index >= 15 is 0 Å². The maximum Gasteiger partial charge on any atom is 0.281 e. The molecule has 1 N–H and O–H groups in total. The van der Waals surface area contributed by atoms with Crippen molar-refractivity contribution >= 4 is 35.1 Å². The highest BCUT2D eigenvalue weighted by Gasteiger charge is 2.11. The van der Waals surface area contributed by atoms with Crippen LogP contribution in [0.25, 0.3) is 0 Å². The number of nitrogens with one attached hydrogen (secondary N) is 1. The van der Waals surface area contributed by atoms with Crippen molar-refractivity contribution in [3.63, 3.8) is 0 Å². The lowest BCUT2D eigenvalue weighted by atomic mass is 10.2. The Hall–Kier alpha value is -2.05. The summed E-state index contributed by atoms with van der Waals surface area (Å²) in [6, 6.07) is 6.99. The van der Waals surface area contributed by atoms with E-state index in [0.29, 0.717) is 33.6 Å². The van der Waals surface area contributed by atoms with Crippen LogP contribution in [0, 0.1) is 0 Å². The molecule has 1 amide bonds. The van der Waals surface area contributed by atoms with E-state index < -0.39 is 0 Å². The molecule has 2 rings (SSSR count). The molecule has 23 heavy (non-hydrogen) atoms. The third kappa shape index (κ3) is 4.71. The minimum atomic E-state index is -0.253. The summed E-state index contributed by atoms with van der Waals surface area (Å²) in [5.41, 5.74) is 3.16. The lowest BCUT2D eigenvalue weighted by Crippen LogP contribution is -2.16. The second-order valence-electron chi connectivity index (χ2n) is 4.56. The number of carbonyl (C=O) groups is 1. The molecule has 1 aromatic heterocycles. The van der Waals surface area contributed by atoms with Crippen LogP contribution in [0.1, 0.15) is 28.6 Å². The van der Waals surface area contributed by atoms with Gasteiger partial charge < -0.3 is 9.47 Å². The van der Waals surface area contributed by atoms with Gasteiger partial charge in [0.2, 0.25) is 0 Å². The quantitative estimate of drug-likeness (QED) is 0.606. The zero-order chi connectivity index (χ0) is 16.7. The van der Waals surface area contributed by atoms with Crippen molar-refractivity contribution in [1.82, 2.24) is 5.43 Å². The van der Waals surface area contributed by atoms with Crippen LogP contribution in [0.2, 0.25) is 5.02 Å². The number of carbonyl (C=O) groups excluding carboxylic acids is 1. The first-order valence-corrected chi connectivity index (χ1v) is 8.28. The smallest absolute Gasteiger partial charge is 0.281 e. The predicted octanol–water partition coefficient (Wildman–Crippen LogP) is 3.96. The Morgan fingerprint density at radius 3 is 2.96 bits per heavy atom. The number of hydrogen-bond donors (Lipinski definition) is 1. The van der Waals surface area contributed by atoms with Crippen molar-refractivity contribution in [2.24, 2.45) is 5.10 Å². The number of hydrazone groups is 1. The van der Waals surface area contributed by atoms with Gasteiger partial charge >= 0.3 is 0 Å². The molecule has 0 aliphatic rings. The second-order valence-corrected chi connectivity index (χ2v) is 5.91. The van der Waals surface area contributed by atoms with Gasteiger partial charge in [0, 0.05) is 0 Å². The molecule has 5 nitrogen and oxygen atoms in total. The third-order valence-corrected chi connectivity index (χ3v) is 3.98. The van der Waals surface area contributed by atoms with E-state index in [1.54, 1.807) is 25.3 Å². The highest BCUT2D eigenvalue weighted by atomic mass is 35.5. The maximum atomic E-state index is 11.8. The van der Waals surface area contributed by atoms with Crippen molar-refractivity contribution < 1.29 is 14.3 Å². The minimum Gasteiger partial charge on any atom is -0.493 e. The van der Waals surface area contributed by atoms with Gasteiger partial charge in [-0.15, -0.1) is 11.3 Å². The van der Waals surface area contributed by atoms with Crippen molar-refractivity contribution in [3.05, 3.63) is 45.1 Å². The summed E-state index contributed by atoms with van der Waals surface area (Å²) >= 11 is 7.57. The molecule has 0 radical (unpaired) electrons. The highest BCUT2D eigenvalue weighted by molar-refractivity contribution is 7.12. The monoisotopic (exact) mass is 352 g/mol. The summed E-state index contributed by atoms with van der Waals surface area (Å²) in [4.78, 5) is 12.4. The summed E-state index contributed by atoms with van der Waals surface area (Å²) in [6.07, 6.45) is 2.38. The van der Waals surface area contributed by atoms with Crippen LogP contribution in [0.5, 0.6) is 11.5 Å². The number of thiophene rings is 1. The van der Waals surface area contributed by atoms with E-state index in [-0.39, 0.29) is 5.91 Å². The standard InChI is InChI=1S/C16H17ClN2O3S/c1-3-6-22-15-12(17)8-11(9-13(15)21-2)10-18-19-16(20)14-5-4-7-23-14/h4-5,7-10H,3,6H2,1-2H3,(H,19,20)/b18-10-. The number of amides is 1. The topological polar surface area (TPSA) is 59.9 Å². The van der Waals surface area contributed by atoms with Crippen molar-refractivity contribution in [3.8, 4) is 11.5 Å². The van der Waals surface area contributed by atoms with E-state index in [1.165, 1.54) is 17.6 Å². The zero-order valence-corrected chi connectivity index (χ0v) is 14.4. The average Bonchev–Trinajstić information content (AvgIpc) is 3.08. The molecular weight excluding hydrogens is 336 g/mol. The molecule has 0 unspecified atom stereocenters. The summed E-state index contributed by atoms with van der Waals surface area (Å²) < 4.78 is 10.9. The van der Waals surface area contributed by atoms with Gasteiger partial charge in [-0.25, -0.2) is 5.43 Å². The first-order chi connectivity index (χ1) is 11.2. The largest absolute Gasteiger partial charge is 0.493 e. The van der Waals surface area contributed by atoms with Crippen LogP contribution in [0.4, 0.5) is 0 Å². The summed E-state index contributed by atoms with van der Waals surface area (Å²) in [5.74, 6) is 0.782. The van der Waals surface area contributed by atoms with E-state index in [4.69, 9.17) is 21.1 Å². The molecule has 0 atom stereocenters. The molecule has 0 fully saturated rings. The first-order valence-electron chi connectivity index (χ1n) is 7.03. The fourth-order valence-corrected chi connectivity index (χ4v) is 2.67. The normalized spacial score (nSPS) is 10.7. The van der Waals surface area contributed by atoms with Gasteiger partial charge in [0.15, 0.2) is 11.5 Å². The van der Waals surface area contributed by atoms with Gasteiger partial charge in [0.1, 0.15) is 0 Å². The second kappa shape index (κ2) is 8.55. The number of methoxy groups -OCH3 is 1. The predicted molar refractivity (Wildman–Crippen MR) is 93.2 cm³/mol. The zero-order valence-electron chi connectivity index (χ0n) is 12.8. The Morgan fingerprint density at radius 2 is 2.30 bits per heavy atom. The molecule has 1 heterocycles. The Kier molecular flexibility index (Phi) is 6.43. The van der Waals surface area contributed by atoms with E-state index in [1.807, 2.05) is 18.4 Å². The van der Waals surface area contributed by atoms with E-state index in [9.17, 15) is 4.79 Å². The van der Waals surface area contributed by atoms with Gasteiger partial charge in [0.05, 0.1) is 29.8 Å². The molecule has 0 bridgehead atoms. The molecule has 0 aliphatic heterocycles. The van der Waals surface area contributed by atoms with Crippen molar-refractivity contribution in [2.45, 2.75) is 13.3 Å². The Labute approximate surface area is 143 Å². The number of hydrogen-bond acceptors (Lipinski definition) is 5. The average molecular weight is 353 g/mol. The fourth-order valence-electron chi connectivity index (χ4n) is 1.79. The van der Waals surface area contributed by atoms with Crippen molar-refractivity contribution in [2.75, 3.05) is 13.7 Å². The van der Waals surface area contributed by atoms with Gasteiger partial charge in [-0.05, 0) is 35.6 Å². The summed E-state index contributed by atoms with van der Waals surface area (Å²) in [7, 11) is 1.55. The van der Waals surface area contributed by atoms with Gasteiger partial charge in [0.25, 0.3) is 5.91 Å². The number of ether oxygens (including phenoxy) is 2. The molecule has 0 saturated heterocycles. The van der Waals surface area contributed by atoms with Crippen LogP contribution < -0.4 is 14.9 Å². The molecule has 0 aliphatic carbocycles. The number of nitrogens with zero attached hydrogens (tertiary/aromatic N) is 1. The van der Waals surface area contributed by atoms with Crippen LogP contribution in [0.15, 0.2) is 34.7 Å². The lowest BCUT2D eigenvalue weighted by molar-refractivity contribution is 0.0959. The molecule has 0 spiro atoms. The number of halogens is 1. The minimum absolute atomic E-state index is 0.253. The van der Waals surface area contributed by atoms with E-state index in [0.717, 1.165) is 6.42 Å². The fraction of sp³-hybridized carbons (Fsp3) is 0.250. The van der Waals surface area contributed by atoms with E-state index in [2.05, 4.69) is 10.5 Å². The molecule has 1 aromatic carbocycles.